The van der Waals surface area contributed by atoms with Gasteiger partial charge in [0.2, 0.25) is 11.8 Å². The zero-order valence-corrected chi connectivity index (χ0v) is 18.9. The molecule has 2 heterocycles. The number of fused-ring (bicyclic) bond motifs is 1. The molecule has 1 aromatic heterocycles. The highest BCUT2D eigenvalue weighted by molar-refractivity contribution is 5.85. The van der Waals surface area contributed by atoms with E-state index in [1.165, 1.54) is 16.1 Å². The Bertz CT molecular complexity index is 1290. The lowest BCUT2D eigenvalue weighted by atomic mass is 10.1. The molecular formula is C25H28N4O4. The average molecular weight is 449 g/mol. The summed E-state index contributed by atoms with van der Waals surface area (Å²) in [6.45, 7) is 5.30. The van der Waals surface area contributed by atoms with Crippen LogP contribution in [0.1, 0.15) is 31.9 Å². The van der Waals surface area contributed by atoms with E-state index in [0.29, 0.717) is 43.5 Å². The number of carbonyl (C=O) groups excluding carboxylic acids is 2. The summed E-state index contributed by atoms with van der Waals surface area (Å²) in [5.74, 6) is -0.179. The molecule has 1 atom stereocenters. The van der Waals surface area contributed by atoms with Gasteiger partial charge >= 0.3 is 5.69 Å². The van der Waals surface area contributed by atoms with Gasteiger partial charge in [0.05, 0.1) is 17.4 Å². The number of benzene rings is 2. The Morgan fingerprint density at radius 3 is 2.12 bits per heavy atom. The van der Waals surface area contributed by atoms with E-state index in [2.05, 4.69) is 0 Å². The largest absolute Gasteiger partial charge is 0.339 e. The second-order valence-corrected chi connectivity index (χ2v) is 8.30. The predicted molar refractivity (Wildman–Crippen MR) is 126 cm³/mol. The fraction of sp³-hybridized carbons (Fsp3) is 0.360. The molecule has 0 spiro atoms. The molecule has 0 radical (unpaired) electrons. The molecule has 0 bridgehead atoms. The summed E-state index contributed by atoms with van der Waals surface area (Å²) in [6.07, 6.45) is 0.402. The summed E-state index contributed by atoms with van der Waals surface area (Å²) in [4.78, 5) is 55.4. The van der Waals surface area contributed by atoms with Crippen molar-refractivity contribution in [3.63, 3.8) is 0 Å². The van der Waals surface area contributed by atoms with Crippen molar-refractivity contribution in [1.29, 1.82) is 0 Å². The van der Waals surface area contributed by atoms with Crippen LogP contribution >= 0.6 is 0 Å². The number of amides is 2. The lowest BCUT2D eigenvalue weighted by Crippen LogP contribution is -2.53. The molecule has 2 aromatic carbocycles. The van der Waals surface area contributed by atoms with E-state index in [-0.39, 0.29) is 23.9 Å². The van der Waals surface area contributed by atoms with Crippen molar-refractivity contribution in [2.24, 2.45) is 0 Å². The number of rotatable bonds is 5. The van der Waals surface area contributed by atoms with E-state index in [1.54, 1.807) is 34.1 Å². The van der Waals surface area contributed by atoms with Crippen molar-refractivity contribution >= 4 is 22.7 Å². The van der Waals surface area contributed by atoms with Gasteiger partial charge in [-0.3, -0.25) is 23.5 Å². The average Bonchev–Trinajstić information content (AvgIpc) is 2.84. The van der Waals surface area contributed by atoms with Gasteiger partial charge in [-0.2, -0.15) is 0 Å². The molecule has 1 aliphatic heterocycles. The van der Waals surface area contributed by atoms with Crippen LogP contribution in [0.3, 0.4) is 0 Å². The second kappa shape index (κ2) is 9.44. The molecule has 8 nitrogen and oxygen atoms in total. The van der Waals surface area contributed by atoms with Crippen LogP contribution in [0, 0.1) is 0 Å². The predicted octanol–water partition coefficient (Wildman–Crippen LogP) is 1.85. The first-order valence-corrected chi connectivity index (χ1v) is 11.2. The normalized spacial score (nSPS) is 15.0. The third kappa shape index (κ3) is 4.33. The Morgan fingerprint density at radius 2 is 1.48 bits per heavy atom. The summed E-state index contributed by atoms with van der Waals surface area (Å²) < 4.78 is 2.68. The molecule has 1 fully saturated rings. The highest BCUT2D eigenvalue weighted by Crippen LogP contribution is 2.20. The number of carbonyl (C=O) groups is 2. The third-order valence-electron chi connectivity index (χ3n) is 6.28. The molecule has 4 rings (SSSR count). The zero-order valence-electron chi connectivity index (χ0n) is 18.9. The molecule has 8 heteroatoms. The first-order chi connectivity index (χ1) is 15.9. The van der Waals surface area contributed by atoms with E-state index in [1.807, 2.05) is 37.3 Å². The topological polar surface area (TPSA) is 84.6 Å². The van der Waals surface area contributed by atoms with Crippen molar-refractivity contribution in [2.45, 2.75) is 32.9 Å². The molecular weight excluding hydrogens is 420 g/mol. The minimum atomic E-state index is -0.742. The fourth-order valence-electron chi connectivity index (χ4n) is 4.46. The van der Waals surface area contributed by atoms with E-state index >= 15 is 0 Å². The maximum atomic E-state index is 13.6. The monoisotopic (exact) mass is 448 g/mol. The molecule has 0 saturated carbocycles. The summed E-state index contributed by atoms with van der Waals surface area (Å²) in [5.41, 5.74) is 0.427. The van der Waals surface area contributed by atoms with Gasteiger partial charge < -0.3 is 9.80 Å². The molecule has 1 unspecified atom stereocenters. The summed E-state index contributed by atoms with van der Waals surface area (Å²) in [6, 6.07) is 15.5. The van der Waals surface area contributed by atoms with Crippen LogP contribution in [-0.2, 0) is 16.1 Å². The van der Waals surface area contributed by atoms with Crippen LogP contribution < -0.4 is 11.2 Å². The number of hydrogen-bond donors (Lipinski definition) is 0. The molecule has 0 aliphatic carbocycles. The number of para-hydroxylation sites is 1. The van der Waals surface area contributed by atoms with Crippen LogP contribution in [0.15, 0.2) is 64.2 Å². The quantitative estimate of drug-likeness (QED) is 0.596. The minimum Gasteiger partial charge on any atom is -0.339 e. The van der Waals surface area contributed by atoms with Crippen molar-refractivity contribution in [3.8, 4) is 0 Å². The summed E-state index contributed by atoms with van der Waals surface area (Å²) in [7, 11) is 0. The molecule has 0 N–H and O–H groups in total. The number of nitrogens with zero attached hydrogens (tertiary/aromatic N) is 4. The van der Waals surface area contributed by atoms with Gasteiger partial charge in [-0.15, -0.1) is 0 Å². The van der Waals surface area contributed by atoms with Gasteiger partial charge in [0, 0.05) is 33.1 Å². The van der Waals surface area contributed by atoms with Crippen LogP contribution in [0.25, 0.3) is 10.9 Å². The Kier molecular flexibility index (Phi) is 6.44. The lowest BCUT2D eigenvalue weighted by Gasteiger charge is -2.36. The maximum Gasteiger partial charge on any atom is 0.332 e. The van der Waals surface area contributed by atoms with E-state index in [9.17, 15) is 19.2 Å². The van der Waals surface area contributed by atoms with E-state index in [0.717, 1.165) is 5.56 Å². The van der Waals surface area contributed by atoms with Gasteiger partial charge in [-0.25, -0.2) is 4.79 Å². The lowest BCUT2D eigenvalue weighted by molar-refractivity contribution is -0.140. The van der Waals surface area contributed by atoms with Crippen molar-refractivity contribution in [3.05, 3.63) is 81.0 Å². The van der Waals surface area contributed by atoms with Crippen molar-refractivity contribution in [1.82, 2.24) is 18.9 Å². The van der Waals surface area contributed by atoms with Crippen LogP contribution in [-0.4, -0.2) is 56.9 Å². The van der Waals surface area contributed by atoms with Crippen molar-refractivity contribution in [2.75, 3.05) is 26.2 Å². The van der Waals surface area contributed by atoms with Gasteiger partial charge in [0.25, 0.3) is 5.56 Å². The molecule has 2 amide bonds. The zero-order chi connectivity index (χ0) is 23.5. The highest BCUT2D eigenvalue weighted by atomic mass is 16.2. The van der Waals surface area contributed by atoms with Crippen molar-refractivity contribution < 1.29 is 9.59 Å². The second-order valence-electron chi connectivity index (χ2n) is 8.30. The molecule has 33 heavy (non-hydrogen) atoms. The fourth-order valence-corrected chi connectivity index (χ4v) is 4.46. The molecule has 1 saturated heterocycles. The smallest absolute Gasteiger partial charge is 0.332 e. The molecule has 172 valence electrons. The SMILES string of the molecule is CCC(C(=O)N1CCN(C(C)=O)CC1)n1c(=O)n(Cc2ccccc2)c(=O)c2ccccc21. The number of hydrogen-bond acceptors (Lipinski definition) is 4. The first-order valence-electron chi connectivity index (χ1n) is 11.2. The molecule has 1 aliphatic rings. The van der Waals surface area contributed by atoms with E-state index < -0.39 is 11.7 Å². The number of aromatic nitrogens is 2. The highest BCUT2D eigenvalue weighted by Gasteiger charge is 2.30. The number of piperazine rings is 1. The van der Waals surface area contributed by atoms with Gasteiger partial charge in [0.1, 0.15) is 6.04 Å². The maximum absolute atomic E-state index is 13.6. The Hall–Kier alpha value is -3.68. The van der Waals surface area contributed by atoms with Crippen LogP contribution in [0.5, 0.6) is 0 Å². The van der Waals surface area contributed by atoms with E-state index in [4.69, 9.17) is 0 Å². The Morgan fingerprint density at radius 1 is 0.879 bits per heavy atom. The summed E-state index contributed by atoms with van der Waals surface area (Å²) >= 11 is 0. The Balaban J connectivity index is 1.78. The Labute approximate surface area is 191 Å². The summed E-state index contributed by atoms with van der Waals surface area (Å²) in [5, 5.41) is 0.403. The van der Waals surface area contributed by atoms with Crippen LogP contribution in [0.2, 0.25) is 0 Å². The van der Waals surface area contributed by atoms with Gasteiger partial charge in [0.15, 0.2) is 0 Å². The first kappa shape index (κ1) is 22.5. The van der Waals surface area contributed by atoms with Gasteiger partial charge in [-0.1, -0.05) is 49.4 Å². The van der Waals surface area contributed by atoms with Gasteiger partial charge in [-0.05, 0) is 24.1 Å². The molecule has 3 aromatic rings. The minimum absolute atomic E-state index is 0.00987. The third-order valence-corrected chi connectivity index (χ3v) is 6.28. The van der Waals surface area contributed by atoms with Crippen LogP contribution in [0.4, 0.5) is 0 Å². The standard InChI is InChI=1S/C25H28N4O4/c1-3-21(24(32)27-15-13-26(14-16-27)18(2)30)29-22-12-8-7-11-20(22)23(31)28(25(29)33)17-19-9-5-4-6-10-19/h4-12,21H,3,13-17H2,1-2H3.